The molecule has 1 N–H and O–H groups in total. The zero-order valence-electron chi connectivity index (χ0n) is 10.8. The molecule has 0 amide bonds. The van der Waals surface area contributed by atoms with E-state index in [0.29, 0.717) is 5.92 Å². The van der Waals surface area contributed by atoms with Crippen LogP contribution < -0.4 is 0 Å². The Kier molecular flexibility index (Phi) is 4.42. The van der Waals surface area contributed by atoms with Gasteiger partial charge in [-0.05, 0) is 50.8 Å². The summed E-state index contributed by atoms with van der Waals surface area (Å²) in [6.07, 6.45) is 5.08. The van der Waals surface area contributed by atoms with E-state index in [-0.39, 0.29) is 12.5 Å². The fourth-order valence-electron chi connectivity index (χ4n) is 2.72. The van der Waals surface area contributed by atoms with Crippen molar-refractivity contribution in [3.8, 4) is 0 Å². The normalized spacial score (nSPS) is 22.8. The summed E-state index contributed by atoms with van der Waals surface area (Å²) in [5.74, 6) is 0.812. The summed E-state index contributed by atoms with van der Waals surface area (Å²) >= 11 is 0. The van der Waals surface area contributed by atoms with Gasteiger partial charge < -0.3 is 9.52 Å². The molecule has 1 fully saturated rings. The molecule has 1 aliphatic rings. The van der Waals surface area contributed by atoms with Crippen LogP contribution in [0.25, 0.3) is 0 Å². The van der Waals surface area contributed by atoms with Crippen LogP contribution in [-0.4, -0.2) is 29.1 Å². The smallest absolute Gasteiger partial charge is 0.303 e. The number of aliphatic carboxylic acids is 1. The second-order valence-corrected chi connectivity index (χ2v) is 5.13. The number of carboxylic acids is 1. The summed E-state index contributed by atoms with van der Waals surface area (Å²) < 4.78 is 5.45. The van der Waals surface area contributed by atoms with E-state index < -0.39 is 5.97 Å². The van der Waals surface area contributed by atoms with Gasteiger partial charge in [-0.1, -0.05) is 0 Å². The van der Waals surface area contributed by atoms with Crippen LogP contribution in [0.15, 0.2) is 22.8 Å². The molecule has 4 nitrogen and oxygen atoms in total. The first-order valence-electron chi connectivity index (χ1n) is 6.66. The fourth-order valence-corrected chi connectivity index (χ4v) is 2.72. The maximum absolute atomic E-state index is 10.6. The first-order valence-corrected chi connectivity index (χ1v) is 6.66. The Morgan fingerprint density at radius 1 is 1.67 bits per heavy atom. The Bertz CT molecular complexity index is 374. The largest absolute Gasteiger partial charge is 0.481 e. The maximum atomic E-state index is 10.6. The third-order valence-electron chi connectivity index (χ3n) is 3.82. The van der Waals surface area contributed by atoms with Crippen LogP contribution in [0, 0.1) is 5.92 Å². The summed E-state index contributed by atoms with van der Waals surface area (Å²) in [5, 5.41) is 8.74. The zero-order valence-corrected chi connectivity index (χ0v) is 10.8. The number of hydrogen-bond acceptors (Lipinski definition) is 3. The maximum Gasteiger partial charge on any atom is 0.303 e. The third-order valence-corrected chi connectivity index (χ3v) is 3.82. The van der Waals surface area contributed by atoms with Crippen LogP contribution in [0.5, 0.6) is 0 Å². The highest BCUT2D eigenvalue weighted by Gasteiger charge is 2.25. The molecule has 1 saturated heterocycles. The average molecular weight is 251 g/mol. The highest BCUT2D eigenvalue weighted by Crippen LogP contribution is 2.28. The molecular weight excluding hydrogens is 230 g/mol. The molecule has 1 aliphatic heterocycles. The number of nitrogens with zero attached hydrogens (tertiary/aromatic N) is 1. The van der Waals surface area contributed by atoms with Crippen molar-refractivity contribution in [2.45, 2.75) is 38.6 Å². The second kappa shape index (κ2) is 6.05. The summed E-state index contributed by atoms with van der Waals surface area (Å²) in [5.41, 5.74) is 0. The van der Waals surface area contributed by atoms with Crippen molar-refractivity contribution in [2.75, 3.05) is 13.1 Å². The number of rotatable bonds is 5. The van der Waals surface area contributed by atoms with Gasteiger partial charge in [0, 0.05) is 13.0 Å². The number of piperidine rings is 1. The Morgan fingerprint density at radius 2 is 2.50 bits per heavy atom. The van der Waals surface area contributed by atoms with Gasteiger partial charge in [-0.3, -0.25) is 9.69 Å². The fraction of sp³-hybridized carbons (Fsp3) is 0.643. The van der Waals surface area contributed by atoms with Gasteiger partial charge in [0.25, 0.3) is 0 Å². The standard InChI is InChI=1S/C14H21NO3/c1-11(13-5-3-9-18-13)15-8-2-4-12(10-15)6-7-14(16)17/h3,5,9,11-12H,2,4,6-8,10H2,1H3,(H,16,17). The van der Waals surface area contributed by atoms with Crippen LogP contribution in [0.3, 0.4) is 0 Å². The molecule has 0 radical (unpaired) electrons. The monoisotopic (exact) mass is 251 g/mol. The molecule has 1 aromatic heterocycles. The van der Waals surface area contributed by atoms with E-state index >= 15 is 0 Å². The van der Waals surface area contributed by atoms with Crippen molar-refractivity contribution >= 4 is 5.97 Å². The molecule has 2 rings (SSSR count). The first kappa shape index (κ1) is 13.1. The molecule has 0 bridgehead atoms. The van der Waals surface area contributed by atoms with Crippen LogP contribution >= 0.6 is 0 Å². The minimum atomic E-state index is -0.689. The molecule has 18 heavy (non-hydrogen) atoms. The lowest BCUT2D eigenvalue weighted by Gasteiger charge is -2.35. The molecule has 0 spiro atoms. The molecule has 2 heterocycles. The predicted molar refractivity (Wildman–Crippen MR) is 68.3 cm³/mol. The molecule has 100 valence electrons. The van der Waals surface area contributed by atoms with Crippen molar-refractivity contribution in [3.05, 3.63) is 24.2 Å². The van der Waals surface area contributed by atoms with Gasteiger partial charge in [0.15, 0.2) is 0 Å². The van der Waals surface area contributed by atoms with E-state index in [0.717, 1.165) is 38.1 Å². The SMILES string of the molecule is CC(c1ccco1)N1CCCC(CCC(=O)O)C1. The number of hydrogen-bond donors (Lipinski definition) is 1. The van der Waals surface area contributed by atoms with Crippen LogP contribution in [0.2, 0.25) is 0 Å². The van der Waals surface area contributed by atoms with E-state index in [1.807, 2.05) is 12.1 Å². The molecule has 1 aromatic rings. The first-order chi connectivity index (χ1) is 8.66. The van der Waals surface area contributed by atoms with E-state index in [9.17, 15) is 4.79 Å². The van der Waals surface area contributed by atoms with E-state index in [1.54, 1.807) is 6.26 Å². The molecule has 4 heteroatoms. The van der Waals surface area contributed by atoms with Gasteiger partial charge in [0.1, 0.15) is 5.76 Å². The van der Waals surface area contributed by atoms with Gasteiger partial charge in [0.05, 0.1) is 12.3 Å². The van der Waals surface area contributed by atoms with Gasteiger partial charge >= 0.3 is 5.97 Å². The van der Waals surface area contributed by atoms with Crippen LogP contribution in [-0.2, 0) is 4.79 Å². The summed E-state index contributed by atoms with van der Waals surface area (Å²) in [6, 6.07) is 4.20. The van der Waals surface area contributed by atoms with Crippen molar-refractivity contribution < 1.29 is 14.3 Å². The van der Waals surface area contributed by atoms with Crippen molar-refractivity contribution in [2.24, 2.45) is 5.92 Å². The van der Waals surface area contributed by atoms with Crippen LogP contribution in [0.4, 0.5) is 0 Å². The molecule has 0 aromatic carbocycles. The zero-order chi connectivity index (χ0) is 13.0. The number of carboxylic acid groups (broad SMARTS) is 1. The van der Waals surface area contributed by atoms with Gasteiger partial charge in [-0.2, -0.15) is 0 Å². The highest BCUT2D eigenvalue weighted by atomic mass is 16.4. The molecule has 2 unspecified atom stereocenters. The lowest BCUT2D eigenvalue weighted by Crippen LogP contribution is -2.37. The van der Waals surface area contributed by atoms with Crippen molar-refractivity contribution in [1.82, 2.24) is 4.90 Å². The van der Waals surface area contributed by atoms with Crippen LogP contribution in [0.1, 0.15) is 44.4 Å². The number of furan rings is 1. The number of likely N-dealkylation sites (tertiary alicyclic amines) is 1. The third kappa shape index (κ3) is 3.35. The summed E-state index contributed by atoms with van der Waals surface area (Å²) in [6.45, 7) is 4.21. The topological polar surface area (TPSA) is 53.7 Å². The summed E-state index contributed by atoms with van der Waals surface area (Å²) in [7, 11) is 0. The summed E-state index contributed by atoms with van der Waals surface area (Å²) in [4.78, 5) is 13.0. The Hall–Kier alpha value is -1.29. The van der Waals surface area contributed by atoms with E-state index in [1.165, 1.54) is 0 Å². The van der Waals surface area contributed by atoms with E-state index in [4.69, 9.17) is 9.52 Å². The minimum Gasteiger partial charge on any atom is -0.481 e. The lowest BCUT2D eigenvalue weighted by molar-refractivity contribution is -0.137. The van der Waals surface area contributed by atoms with Gasteiger partial charge in [-0.25, -0.2) is 0 Å². The Labute approximate surface area is 108 Å². The Morgan fingerprint density at radius 3 is 3.17 bits per heavy atom. The van der Waals surface area contributed by atoms with Gasteiger partial charge in [0.2, 0.25) is 0 Å². The van der Waals surface area contributed by atoms with Crippen molar-refractivity contribution in [3.63, 3.8) is 0 Å². The van der Waals surface area contributed by atoms with Crippen molar-refractivity contribution in [1.29, 1.82) is 0 Å². The number of carbonyl (C=O) groups is 1. The molecule has 0 aliphatic carbocycles. The lowest BCUT2D eigenvalue weighted by atomic mass is 9.92. The Balaban J connectivity index is 1.88. The van der Waals surface area contributed by atoms with E-state index in [2.05, 4.69) is 11.8 Å². The quantitative estimate of drug-likeness (QED) is 0.874. The second-order valence-electron chi connectivity index (χ2n) is 5.13. The molecule has 0 saturated carbocycles. The highest BCUT2D eigenvalue weighted by molar-refractivity contribution is 5.66. The predicted octanol–water partition coefficient (Wildman–Crippen LogP) is 2.92. The molecule has 2 atom stereocenters. The average Bonchev–Trinajstić information content (AvgIpc) is 2.89. The van der Waals surface area contributed by atoms with Gasteiger partial charge in [-0.15, -0.1) is 0 Å². The molecular formula is C14H21NO3. The minimum absolute atomic E-state index is 0.285.